The maximum atomic E-state index is 14.2. The minimum absolute atomic E-state index is 0.00875. The lowest BCUT2D eigenvalue weighted by atomic mass is 10.00. The van der Waals surface area contributed by atoms with Crippen molar-refractivity contribution in [2.24, 2.45) is 4.99 Å². The first kappa shape index (κ1) is 25.2. The minimum Gasteiger partial charge on any atom is -0.368 e. The van der Waals surface area contributed by atoms with E-state index in [2.05, 4.69) is 83.2 Å². The number of aromatic nitrogens is 1. The summed E-state index contributed by atoms with van der Waals surface area (Å²) < 4.78 is 28.4. The van der Waals surface area contributed by atoms with Crippen molar-refractivity contribution in [2.45, 2.75) is 32.7 Å². The van der Waals surface area contributed by atoms with Crippen LogP contribution in [0.5, 0.6) is 0 Å². The molecule has 39 heavy (non-hydrogen) atoms. The van der Waals surface area contributed by atoms with Crippen LogP contribution in [-0.2, 0) is 0 Å². The average Bonchev–Trinajstić information content (AvgIpc) is 3.45. The molecule has 1 fully saturated rings. The molecule has 0 radical (unpaired) electrons. The zero-order valence-corrected chi connectivity index (χ0v) is 22.4. The molecule has 4 aromatic rings. The highest BCUT2D eigenvalue weighted by Crippen LogP contribution is 2.33. The molecule has 1 aromatic heterocycles. The van der Waals surface area contributed by atoms with E-state index in [9.17, 15) is 8.78 Å². The molecule has 1 atom stereocenters. The summed E-state index contributed by atoms with van der Waals surface area (Å²) in [6.45, 7) is 8.15. The molecule has 0 amide bonds. The van der Waals surface area contributed by atoms with Crippen LogP contribution < -0.4 is 9.80 Å². The second kappa shape index (κ2) is 10.6. The maximum Gasteiger partial charge on any atom is 0.135 e. The Hall–Kier alpha value is -4.06. The Morgan fingerprint density at radius 2 is 1.44 bits per heavy atom. The molecule has 0 spiro atoms. The lowest BCUT2D eigenvalue weighted by Crippen LogP contribution is -2.46. The summed E-state index contributed by atoms with van der Waals surface area (Å²) in [5.74, 6) is -0.101. The van der Waals surface area contributed by atoms with Crippen molar-refractivity contribution in [1.82, 2.24) is 4.98 Å². The second-order valence-corrected chi connectivity index (χ2v) is 10.5. The number of hydrogen-bond donors (Lipinski definition) is 0. The molecule has 0 aliphatic carbocycles. The van der Waals surface area contributed by atoms with Gasteiger partial charge in [-0.3, -0.25) is 4.99 Å². The number of hydrogen-bond acceptors (Lipinski definition) is 4. The van der Waals surface area contributed by atoms with E-state index in [4.69, 9.17) is 4.98 Å². The van der Waals surface area contributed by atoms with Gasteiger partial charge in [0.15, 0.2) is 0 Å². The van der Waals surface area contributed by atoms with Gasteiger partial charge in [0.1, 0.15) is 17.5 Å². The fourth-order valence-corrected chi connectivity index (χ4v) is 5.55. The van der Waals surface area contributed by atoms with Crippen molar-refractivity contribution in [2.75, 3.05) is 36.0 Å². The van der Waals surface area contributed by atoms with Crippen LogP contribution in [0.4, 0.5) is 20.3 Å². The molecule has 2 aliphatic heterocycles. The van der Waals surface area contributed by atoms with E-state index in [0.29, 0.717) is 12.1 Å². The molecule has 6 rings (SSSR count). The standard InChI is InChI=1S/C33H32F2N4/c1-22-6-12-27(20-23(22)2)38-16-18-39(19-17-38)32-15-11-26(21-36-32)24-7-9-25(10-8-24)30-13-14-31(37-30)33-28(34)4-3-5-29(33)35/h3-12,15,20-21,30H,13-14,16-19H2,1-2H3. The first-order valence-corrected chi connectivity index (χ1v) is 13.6. The predicted octanol–water partition coefficient (Wildman–Crippen LogP) is 7.29. The van der Waals surface area contributed by atoms with E-state index < -0.39 is 11.6 Å². The Morgan fingerprint density at radius 1 is 0.744 bits per heavy atom. The quantitative estimate of drug-likeness (QED) is 0.276. The average molecular weight is 523 g/mol. The van der Waals surface area contributed by atoms with Gasteiger partial charge in [0.05, 0.1) is 11.6 Å². The molecule has 3 aromatic carbocycles. The van der Waals surface area contributed by atoms with E-state index in [1.165, 1.54) is 35.0 Å². The Morgan fingerprint density at radius 3 is 2.10 bits per heavy atom. The van der Waals surface area contributed by atoms with Gasteiger partial charge < -0.3 is 9.80 Å². The van der Waals surface area contributed by atoms with Gasteiger partial charge in [0.25, 0.3) is 0 Å². The molecule has 4 nitrogen and oxygen atoms in total. The number of benzene rings is 3. The van der Waals surface area contributed by atoms with Crippen molar-refractivity contribution in [3.63, 3.8) is 0 Å². The molecule has 198 valence electrons. The Kier molecular flexibility index (Phi) is 6.86. The van der Waals surface area contributed by atoms with Crippen LogP contribution in [0.15, 0.2) is 84.0 Å². The fraction of sp³-hybridized carbons (Fsp3) is 0.273. The number of aliphatic imine (C=N–C) groups is 1. The molecule has 1 unspecified atom stereocenters. The zero-order chi connectivity index (χ0) is 26.9. The summed E-state index contributed by atoms with van der Waals surface area (Å²) >= 11 is 0. The number of piperazine rings is 1. The van der Waals surface area contributed by atoms with E-state index in [1.807, 2.05) is 6.20 Å². The third-order valence-corrected chi connectivity index (χ3v) is 8.05. The third kappa shape index (κ3) is 5.16. The number of rotatable bonds is 5. The highest BCUT2D eigenvalue weighted by atomic mass is 19.1. The lowest BCUT2D eigenvalue weighted by Gasteiger charge is -2.37. The molecule has 0 N–H and O–H groups in total. The van der Waals surface area contributed by atoms with Gasteiger partial charge >= 0.3 is 0 Å². The first-order valence-electron chi connectivity index (χ1n) is 13.6. The summed E-state index contributed by atoms with van der Waals surface area (Å²) in [4.78, 5) is 14.2. The third-order valence-electron chi connectivity index (χ3n) is 8.05. The smallest absolute Gasteiger partial charge is 0.135 e. The van der Waals surface area contributed by atoms with E-state index in [0.717, 1.165) is 55.1 Å². The summed E-state index contributed by atoms with van der Waals surface area (Å²) in [6, 6.07) is 23.1. The number of pyridine rings is 1. The molecular formula is C33H32F2N4. The van der Waals surface area contributed by atoms with Gasteiger partial charge in [0.2, 0.25) is 0 Å². The normalized spacial score (nSPS) is 17.4. The Balaban J connectivity index is 1.10. The molecular weight excluding hydrogens is 490 g/mol. The van der Waals surface area contributed by atoms with Crippen LogP contribution in [0.3, 0.4) is 0 Å². The number of halogens is 2. The SMILES string of the molecule is Cc1ccc(N2CCN(c3ccc(-c4ccc(C5CCC(c6c(F)cccc6F)=N5)cc4)cn3)CC2)cc1C. The van der Waals surface area contributed by atoms with Gasteiger partial charge in [-0.2, -0.15) is 0 Å². The Bertz CT molecular complexity index is 1480. The Labute approximate surface area is 228 Å². The predicted molar refractivity (Wildman–Crippen MR) is 155 cm³/mol. The van der Waals surface area contributed by atoms with E-state index in [-0.39, 0.29) is 11.6 Å². The number of anilines is 2. The number of aryl methyl sites for hydroxylation is 2. The van der Waals surface area contributed by atoms with Crippen LogP contribution in [-0.4, -0.2) is 36.9 Å². The van der Waals surface area contributed by atoms with Gasteiger partial charge in [-0.25, -0.2) is 13.8 Å². The van der Waals surface area contributed by atoms with Crippen LogP contribution in [0.2, 0.25) is 0 Å². The van der Waals surface area contributed by atoms with Crippen molar-refractivity contribution in [3.05, 3.63) is 113 Å². The van der Waals surface area contributed by atoms with Crippen molar-refractivity contribution < 1.29 is 8.78 Å². The molecule has 1 saturated heterocycles. The lowest BCUT2D eigenvalue weighted by molar-refractivity contribution is 0.578. The molecule has 3 heterocycles. The molecule has 6 heteroatoms. The van der Waals surface area contributed by atoms with Crippen molar-refractivity contribution >= 4 is 17.2 Å². The summed E-state index contributed by atoms with van der Waals surface area (Å²) in [5, 5.41) is 0. The van der Waals surface area contributed by atoms with Crippen molar-refractivity contribution in [1.29, 1.82) is 0 Å². The van der Waals surface area contributed by atoms with E-state index in [1.54, 1.807) is 0 Å². The van der Waals surface area contributed by atoms with Crippen LogP contribution in [0.25, 0.3) is 11.1 Å². The highest BCUT2D eigenvalue weighted by molar-refractivity contribution is 6.02. The monoisotopic (exact) mass is 522 g/mol. The van der Waals surface area contributed by atoms with Crippen molar-refractivity contribution in [3.8, 4) is 11.1 Å². The number of nitrogens with zero attached hydrogens (tertiary/aromatic N) is 4. The van der Waals surface area contributed by atoms with Crippen LogP contribution >= 0.6 is 0 Å². The van der Waals surface area contributed by atoms with Crippen LogP contribution in [0, 0.1) is 25.5 Å². The maximum absolute atomic E-state index is 14.2. The van der Waals surface area contributed by atoms with Gasteiger partial charge in [-0.1, -0.05) is 36.4 Å². The van der Waals surface area contributed by atoms with Crippen LogP contribution in [0.1, 0.15) is 41.1 Å². The molecule has 2 aliphatic rings. The molecule has 0 saturated carbocycles. The highest BCUT2D eigenvalue weighted by Gasteiger charge is 2.24. The summed E-state index contributed by atoms with van der Waals surface area (Å²) in [5.41, 5.74) is 7.67. The zero-order valence-electron chi connectivity index (χ0n) is 22.4. The van der Waals surface area contributed by atoms with Gasteiger partial charge in [0, 0.05) is 49.3 Å². The van der Waals surface area contributed by atoms with Gasteiger partial charge in [-0.15, -0.1) is 0 Å². The summed E-state index contributed by atoms with van der Waals surface area (Å²) in [7, 11) is 0. The molecule has 0 bridgehead atoms. The van der Waals surface area contributed by atoms with E-state index >= 15 is 0 Å². The fourth-order valence-electron chi connectivity index (χ4n) is 5.55. The largest absolute Gasteiger partial charge is 0.368 e. The summed E-state index contributed by atoms with van der Waals surface area (Å²) in [6.07, 6.45) is 3.25. The topological polar surface area (TPSA) is 31.7 Å². The van der Waals surface area contributed by atoms with Gasteiger partial charge in [-0.05, 0) is 85.3 Å². The minimum atomic E-state index is -0.552. The second-order valence-electron chi connectivity index (χ2n) is 10.5. The first-order chi connectivity index (χ1) is 19.0.